The second-order valence-corrected chi connectivity index (χ2v) is 7.18. The molecule has 1 amide bonds. The SMILES string of the molecule is Cl.O=C(CCCc1ccc(Cl)cc1)N1CCN(C2CCOCC2)CC1. The number of piperazine rings is 1. The molecule has 2 aliphatic rings. The summed E-state index contributed by atoms with van der Waals surface area (Å²) in [6.45, 7) is 5.53. The van der Waals surface area contributed by atoms with E-state index in [0.29, 0.717) is 18.4 Å². The smallest absolute Gasteiger partial charge is 0.222 e. The number of amides is 1. The Bertz CT molecular complexity index is 525. The summed E-state index contributed by atoms with van der Waals surface area (Å²) in [5.74, 6) is 0.301. The Kier molecular flexibility index (Phi) is 8.50. The maximum atomic E-state index is 12.4. The normalized spacial score (nSPS) is 19.5. The number of carbonyl (C=O) groups excluding carboxylic acids is 1. The molecule has 2 fully saturated rings. The maximum Gasteiger partial charge on any atom is 0.222 e. The van der Waals surface area contributed by atoms with Crippen LogP contribution in [0.25, 0.3) is 0 Å². The number of rotatable bonds is 5. The summed E-state index contributed by atoms with van der Waals surface area (Å²) in [6, 6.07) is 8.56. The number of halogens is 2. The molecular formula is C19H28Cl2N2O2. The van der Waals surface area contributed by atoms with Gasteiger partial charge in [-0.2, -0.15) is 0 Å². The molecule has 0 N–H and O–H groups in total. The van der Waals surface area contributed by atoms with Crippen LogP contribution in [0.3, 0.4) is 0 Å². The molecule has 0 bridgehead atoms. The van der Waals surface area contributed by atoms with Crippen molar-refractivity contribution in [1.82, 2.24) is 9.80 Å². The van der Waals surface area contributed by atoms with Gasteiger partial charge in [-0.3, -0.25) is 9.69 Å². The molecule has 0 aromatic heterocycles. The number of ether oxygens (including phenoxy) is 1. The first-order valence-corrected chi connectivity index (χ1v) is 9.44. The van der Waals surface area contributed by atoms with Crippen LogP contribution in [0.1, 0.15) is 31.2 Å². The molecule has 0 atom stereocenters. The van der Waals surface area contributed by atoms with Gasteiger partial charge in [0.2, 0.25) is 5.91 Å². The van der Waals surface area contributed by atoms with Crippen LogP contribution in [-0.2, 0) is 16.0 Å². The van der Waals surface area contributed by atoms with Gasteiger partial charge in [-0.1, -0.05) is 23.7 Å². The molecule has 2 heterocycles. The minimum atomic E-state index is 0. The zero-order valence-corrected chi connectivity index (χ0v) is 16.2. The fraction of sp³-hybridized carbons (Fsp3) is 0.632. The molecule has 2 saturated heterocycles. The lowest BCUT2D eigenvalue weighted by molar-refractivity contribution is -0.133. The molecule has 140 valence electrons. The van der Waals surface area contributed by atoms with E-state index in [9.17, 15) is 4.79 Å². The number of aryl methyl sites for hydroxylation is 1. The summed E-state index contributed by atoms with van der Waals surface area (Å²) in [6.07, 6.45) is 4.75. The van der Waals surface area contributed by atoms with Gasteiger partial charge in [-0.05, 0) is 43.4 Å². The van der Waals surface area contributed by atoms with Crippen LogP contribution in [0, 0.1) is 0 Å². The Balaban J connectivity index is 0.00000225. The first-order chi connectivity index (χ1) is 11.7. The van der Waals surface area contributed by atoms with Crippen molar-refractivity contribution in [2.75, 3.05) is 39.4 Å². The van der Waals surface area contributed by atoms with E-state index in [1.165, 1.54) is 5.56 Å². The van der Waals surface area contributed by atoms with Gasteiger partial charge in [0, 0.05) is 56.9 Å². The maximum absolute atomic E-state index is 12.4. The largest absolute Gasteiger partial charge is 0.381 e. The molecule has 0 aliphatic carbocycles. The van der Waals surface area contributed by atoms with Gasteiger partial charge in [0.05, 0.1) is 0 Å². The minimum Gasteiger partial charge on any atom is -0.381 e. The van der Waals surface area contributed by atoms with Crippen molar-refractivity contribution in [3.63, 3.8) is 0 Å². The van der Waals surface area contributed by atoms with Crippen LogP contribution in [0.2, 0.25) is 5.02 Å². The number of carbonyl (C=O) groups is 1. The molecule has 4 nitrogen and oxygen atoms in total. The molecule has 0 spiro atoms. The molecule has 3 rings (SSSR count). The van der Waals surface area contributed by atoms with E-state index in [2.05, 4.69) is 4.90 Å². The van der Waals surface area contributed by atoms with Crippen LogP contribution in [-0.4, -0.2) is 61.1 Å². The van der Waals surface area contributed by atoms with Crippen LogP contribution >= 0.6 is 24.0 Å². The summed E-state index contributed by atoms with van der Waals surface area (Å²) in [5.41, 5.74) is 1.25. The third-order valence-electron chi connectivity index (χ3n) is 5.14. The Morgan fingerprint density at radius 3 is 2.36 bits per heavy atom. The Morgan fingerprint density at radius 2 is 1.72 bits per heavy atom. The second-order valence-electron chi connectivity index (χ2n) is 6.74. The van der Waals surface area contributed by atoms with Crippen molar-refractivity contribution in [2.24, 2.45) is 0 Å². The summed E-state index contributed by atoms with van der Waals surface area (Å²) >= 11 is 5.89. The van der Waals surface area contributed by atoms with E-state index in [4.69, 9.17) is 16.3 Å². The highest BCUT2D eigenvalue weighted by Gasteiger charge is 2.26. The summed E-state index contributed by atoms with van der Waals surface area (Å²) in [7, 11) is 0. The molecular weight excluding hydrogens is 359 g/mol. The van der Waals surface area contributed by atoms with Gasteiger partial charge in [-0.15, -0.1) is 12.4 Å². The fourth-order valence-electron chi connectivity index (χ4n) is 3.64. The number of nitrogens with zero attached hydrogens (tertiary/aromatic N) is 2. The highest BCUT2D eigenvalue weighted by Crippen LogP contribution is 2.17. The van der Waals surface area contributed by atoms with Gasteiger partial charge in [0.25, 0.3) is 0 Å². The van der Waals surface area contributed by atoms with E-state index in [0.717, 1.165) is 70.1 Å². The first-order valence-electron chi connectivity index (χ1n) is 9.06. The Hall–Kier alpha value is -0.810. The molecule has 0 unspecified atom stereocenters. The van der Waals surface area contributed by atoms with Crippen molar-refractivity contribution in [3.8, 4) is 0 Å². The molecule has 1 aromatic carbocycles. The van der Waals surface area contributed by atoms with Crippen LogP contribution < -0.4 is 0 Å². The Morgan fingerprint density at radius 1 is 1.08 bits per heavy atom. The predicted molar refractivity (Wildman–Crippen MR) is 104 cm³/mol. The third kappa shape index (κ3) is 6.14. The van der Waals surface area contributed by atoms with Crippen LogP contribution in [0.15, 0.2) is 24.3 Å². The van der Waals surface area contributed by atoms with Crippen molar-refractivity contribution >= 4 is 29.9 Å². The summed E-state index contributed by atoms with van der Waals surface area (Å²) in [4.78, 5) is 17.0. The molecule has 6 heteroatoms. The standard InChI is InChI=1S/C19H27ClN2O2.ClH/c20-17-6-4-16(5-7-17)2-1-3-19(23)22-12-10-21(11-13-22)18-8-14-24-15-9-18;/h4-7,18H,1-3,8-15H2;1H. The lowest BCUT2D eigenvalue weighted by Gasteiger charge is -2.40. The monoisotopic (exact) mass is 386 g/mol. The number of benzene rings is 1. The summed E-state index contributed by atoms with van der Waals surface area (Å²) < 4.78 is 5.44. The molecule has 1 aromatic rings. The van der Waals surface area contributed by atoms with Gasteiger partial charge in [0.15, 0.2) is 0 Å². The Labute approximate surface area is 161 Å². The van der Waals surface area contributed by atoms with Crippen LogP contribution in [0.5, 0.6) is 0 Å². The zero-order valence-electron chi connectivity index (χ0n) is 14.7. The fourth-order valence-corrected chi connectivity index (χ4v) is 3.77. The van der Waals surface area contributed by atoms with Crippen molar-refractivity contribution < 1.29 is 9.53 Å². The average molecular weight is 387 g/mol. The molecule has 0 saturated carbocycles. The predicted octanol–water partition coefficient (Wildman–Crippen LogP) is 3.41. The molecule has 25 heavy (non-hydrogen) atoms. The van der Waals surface area contributed by atoms with Crippen molar-refractivity contribution in [1.29, 1.82) is 0 Å². The van der Waals surface area contributed by atoms with Crippen molar-refractivity contribution in [2.45, 2.75) is 38.1 Å². The number of hydrogen-bond acceptors (Lipinski definition) is 3. The third-order valence-corrected chi connectivity index (χ3v) is 5.40. The minimum absolute atomic E-state index is 0. The van der Waals surface area contributed by atoms with Gasteiger partial charge in [-0.25, -0.2) is 0 Å². The summed E-state index contributed by atoms with van der Waals surface area (Å²) in [5, 5.41) is 0.761. The zero-order chi connectivity index (χ0) is 16.8. The first kappa shape index (κ1) is 20.5. The lowest BCUT2D eigenvalue weighted by atomic mass is 10.1. The second kappa shape index (κ2) is 10.4. The quantitative estimate of drug-likeness (QED) is 0.776. The molecule has 0 radical (unpaired) electrons. The van der Waals surface area contributed by atoms with E-state index < -0.39 is 0 Å². The molecule has 2 aliphatic heterocycles. The number of hydrogen-bond donors (Lipinski definition) is 0. The van der Waals surface area contributed by atoms with Crippen LogP contribution in [0.4, 0.5) is 0 Å². The van der Waals surface area contributed by atoms with Gasteiger partial charge < -0.3 is 9.64 Å². The van der Waals surface area contributed by atoms with Gasteiger partial charge in [0.1, 0.15) is 0 Å². The van der Waals surface area contributed by atoms with Gasteiger partial charge >= 0.3 is 0 Å². The highest BCUT2D eigenvalue weighted by atomic mass is 35.5. The topological polar surface area (TPSA) is 32.8 Å². The average Bonchev–Trinajstić information content (AvgIpc) is 2.64. The van der Waals surface area contributed by atoms with E-state index >= 15 is 0 Å². The van der Waals surface area contributed by atoms with E-state index in [1.54, 1.807) is 0 Å². The lowest BCUT2D eigenvalue weighted by Crippen LogP contribution is -2.53. The van der Waals surface area contributed by atoms with Crippen molar-refractivity contribution in [3.05, 3.63) is 34.9 Å². The highest BCUT2D eigenvalue weighted by molar-refractivity contribution is 6.30. The van der Waals surface area contributed by atoms with E-state index in [-0.39, 0.29) is 12.4 Å². The van der Waals surface area contributed by atoms with E-state index in [1.807, 2.05) is 29.2 Å².